The molecule has 1 aromatic heterocycles. The molecule has 2 aliphatic rings. The summed E-state index contributed by atoms with van der Waals surface area (Å²) in [4.78, 5) is 15.2. The first-order valence-electron chi connectivity index (χ1n) is 11.4. The van der Waals surface area contributed by atoms with Crippen LogP contribution in [0.3, 0.4) is 0 Å². The summed E-state index contributed by atoms with van der Waals surface area (Å²) in [6, 6.07) is 10.5. The molecule has 3 atom stereocenters. The molecular weight excluding hydrogens is 394 g/mol. The van der Waals surface area contributed by atoms with Crippen LogP contribution in [0.5, 0.6) is 0 Å². The van der Waals surface area contributed by atoms with Crippen LogP contribution in [0.4, 0.5) is 5.95 Å². The largest absolute Gasteiger partial charge is 0.352 e. The standard InChI is InChI=1S/C23H33N5OS/c1-17-11-7-8-14-20(17)24-21(29)18(2)30-23-26-25-22(27-15-9-4-10-16-27)28(23)19-12-5-3-6-13-19/h3,5-6,12-13,17-18,20H,4,7-11,14-16H2,1-2H3,(H,24,29)/t17-,18+,20+/m0/s1. The van der Waals surface area contributed by atoms with Crippen molar-refractivity contribution in [3.05, 3.63) is 30.3 Å². The summed E-state index contributed by atoms with van der Waals surface area (Å²) in [7, 11) is 0. The summed E-state index contributed by atoms with van der Waals surface area (Å²) in [5, 5.41) is 12.9. The van der Waals surface area contributed by atoms with Crippen molar-refractivity contribution in [2.75, 3.05) is 18.0 Å². The Bertz CT molecular complexity index is 833. The number of amides is 1. The lowest BCUT2D eigenvalue weighted by atomic mass is 9.86. The van der Waals surface area contributed by atoms with Crippen LogP contribution in [0, 0.1) is 5.92 Å². The van der Waals surface area contributed by atoms with Crippen LogP contribution >= 0.6 is 11.8 Å². The van der Waals surface area contributed by atoms with E-state index in [0.29, 0.717) is 12.0 Å². The second kappa shape index (κ2) is 9.86. The fourth-order valence-electron chi connectivity index (χ4n) is 4.48. The van der Waals surface area contributed by atoms with Crippen LogP contribution in [-0.4, -0.2) is 45.1 Å². The number of hydrogen-bond acceptors (Lipinski definition) is 5. The maximum absolute atomic E-state index is 12.9. The number of aromatic nitrogens is 3. The lowest BCUT2D eigenvalue weighted by Gasteiger charge is -2.30. The van der Waals surface area contributed by atoms with Crippen LogP contribution in [0.2, 0.25) is 0 Å². The van der Waals surface area contributed by atoms with E-state index in [1.54, 1.807) is 0 Å². The molecule has 1 aliphatic carbocycles. The molecule has 0 bridgehead atoms. The lowest BCUT2D eigenvalue weighted by Crippen LogP contribution is -2.44. The molecular formula is C23H33N5OS. The molecule has 1 N–H and O–H groups in total. The van der Waals surface area contributed by atoms with Gasteiger partial charge in [0.2, 0.25) is 11.9 Å². The summed E-state index contributed by atoms with van der Waals surface area (Å²) in [6.07, 6.45) is 8.41. The van der Waals surface area contributed by atoms with Crippen molar-refractivity contribution in [3.63, 3.8) is 0 Å². The third kappa shape index (κ3) is 4.82. The van der Waals surface area contributed by atoms with Crippen molar-refractivity contribution < 1.29 is 4.79 Å². The summed E-state index contributed by atoms with van der Waals surface area (Å²) >= 11 is 1.50. The number of benzene rings is 1. The molecule has 2 aromatic rings. The van der Waals surface area contributed by atoms with E-state index >= 15 is 0 Å². The first-order chi connectivity index (χ1) is 14.6. The molecule has 162 valence electrons. The first kappa shape index (κ1) is 21.2. The molecule has 2 heterocycles. The van der Waals surface area contributed by atoms with E-state index in [1.165, 1.54) is 50.3 Å². The van der Waals surface area contributed by atoms with Crippen molar-refractivity contribution in [3.8, 4) is 5.69 Å². The van der Waals surface area contributed by atoms with Crippen LogP contribution in [-0.2, 0) is 4.79 Å². The molecule has 1 saturated heterocycles. The van der Waals surface area contributed by atoms with Crippen molar-refractivity contribution >= 4 is 23.6 Å². The third-order valence-electron chi connectivity index (χ3n) is 6.36. The van der Waals surface area contributed by atoms with Gasteiger partial charge in [-0.3, -0.25) is 9.36 Å². The molecule has 4 rings (SSSR count). The molecule has 7 heteroatoms. The summed E-state index contributed by atoms with van der Waals surface area (Å²) in [5.74, 6) is 1.54. The highest BCUT2D eigenvalue weighted by Gasteiger charge is 2.28. The van der Waals surface area contributed by atoms with Gasteiger partial charge in [0.1, 0.15) is 0 Å². The number of carbonyl (C=O) groups excluding carboxylic acids is 1. The zero-order chi connectivity index (χ0) is 20.9. The Labute approximate surface area is 183 Å². The average Bonchev–Trinajstić information content (AvgIpc) is 3.20. The molecule has 2 fully saturated rings. The quantitative estimate of drug-likeness (QED) is 0.691. The fraction of sp³-hybridized carbons (Fsp3) is 0.609. The van der Waals surface area contributed by atoms with Gasteiger partial charge in [-0.25, -0.2) is 0 Å². The van der Waals surface area contributed by atoms with Gasteiger partial charge >= 0.3 is 0 Å². The van der Waals surface area contributed by atoms with Crippen molar-refractivity contribution in [1.82, 2.24) is 20.1 Å². The Morgan fingerprint density at radius 1 is 1.07 bits per heavy atom. The highest BCUT2D eigenvalue weighted by atomic mass is 32.2. The first-order valence-corrected chi connectivity index (χ1v) is 12.2. The Morgan fingerprint density at radius 3 is 2.53 bits per heavy atom. The van der Waals surface area contributed by atoms with E-state index < -0.39 is 0 Å². The minimum atomic E-state index is -0.222. The molecule has 1 aliphatic heterocycles. The molecule has 1 saturated carbocycles. The topological polar surface area (TPSA) is 63.1 Å². The van der Waals surface area contributed by atoms with Crippen molar-refractivity contribution in [1.29, 1.82) is 0 Å². The molecule has 0 unspecified atom stereocenters. The number of nitrogens with one attached hydrogen (secondary N) is 1. The molecule has 1 aromatic carbocycles. The summed E-state index contributed by atoms with van der Waals surface area (Å²) < 4.78 is 2.11. The maximum atomic E-state index is 12.9. The molecule has 30 heavy (non-hydrogen) atoms. The minimum absolute atomic E-state index is 0.0980. The lowest BCUT2D eigenvalue weighted by molar-refractivity contribution is -0.121. The van der Waals surface area contributed by atoms with E-state index in [9.17, 15) is 4.79 Å². The number of hydrogen-bond donors (Lipinski definition) is 1. The van der Waals surface area contributed by atoms with Gasteiger partial charge in [-0.05, 0) is 57.1 Å². The number of carbonyl (C=O) groups is 1. The monoisotopic (exact) mass is 427 g/mol. The predicted octanol–water partition coefficient (Wildman–Crippen LogP) is 4.43. The smallest absolute Gasteiger partial charge is 0.233 e. The van der Waals surface area contributed by atoms with E-state index in [4.69, 9.17) is 0 Å². The number of piperidine rings is 1. The normalized spacial score (nSPS) is 23.2. The highest BCUT2D eigenvalue weighted by Crippen LogP contribution is 2.31. The van der Waals surface area contributed by atoms with Gasteiger partial charge in [0.05, 0.1) is 10.9 Å². The molecule has 0 spiro atoms. The predicted molar refractivity (Wildman–Crippen MR) is 122 cm³/mol. The molecule has 0 radical (unpaired) electrons. The second-order valence-corrected chi connectivity index (χ2v) is 9.95. The van der Waals surface area contributed by atoms with Gasteiger partial charge in [-0.1, -0.05) is 49.7 Å². The van der Waals surface area contributed by atoms with Crippen LogP contribution in [0.15, 0.2) is 35.5 Å². The number of nitrogens with zero attached hydrogens (tertiary/aromatic N) is 4. The number of thioether (sulfide) groups is 1. The van der Waals surface area contributed by atoms with Gasteiger partial charge < -0.3 is 10.2 Å². The van der Waals surface area contributed by atoms with E-state index in [1.807, 2.05) is 25.1 Å². The SMILES string of the molecule is C[C@@H](Sc1nnc(N2CCCCC2)n1-c1ccccc1)C(=O)N[C@@H]1CCCC[C@@H]1C. The zero-order valence-corrected chi connectivity index (χ0v) is 18.9. The second-order valence-electron chi connectivity index (χ2n) is 8.64. The Morgan fingerprint density at radius 2 is 1.80 bits per heavy atom. The average molecular weight is 428 g/mol. The number of anilines is 1. The van der Waals surface area contributed by atoms with E-state index in [-0.39, 0.29) is 11.2 Å². The number of rotatable bonds is 6. The highest BCUT2D eigenvalue weighted by molar-refractivity contribution is 8.00. The van der Waals surface area contributed by atoms with E-state index in [2.05, 4.69) is 44.0 Å². The number of para-hydroxylation sites is 1. The van der Waals surface area contributed by atoms with Gasteiger partial charge in [0.25, 0.3) is 0 Å². The molecule has 1 amide bonds. The summed E-state index contributed by atoms with van der Waals surface area (Å²) in [6.45, 7) is 6.23. The third-order valence-corrected chi connectivity index (χ3v) is 7.40. The fourth-order valence-corrected chi connectivity index (χ4v) is 5.35. The van der Waals surface area contributed by atoms with Gasteiger partial charge in [0, 0.05) is 19.1 Å². The van der Waals surface area contributed by atoms with Crippen LogP contribution in [0.1, 0.15) is 58.8 Å². The van der Waals surface area contributed by atoms with Gasteiger partial charge in [-0.2, -0.15) is 0 Å². The van der Waals surface area contributed by atoms with Crippen LogP contribution in [0.25, 0.3) is 5.69 Å². The minimum Gasteiger partial charge on any atom is -0.352 e. The van der Waals surface area contributed by atoms with Gasteiger partial charge in [-0.15, -0.1) is 10.2 Å². The Balaban J connectivity index is 1.53. The van der Waals surface area contributed by atoms with Crippen molar-refractivity contribution in [2.45, 2.75) is 75.2 Å². The Kier molecular flexibility index (Phi) is 6.97. The van der Waals surface area contributed by atoms with Crippen LogP contribution < -0.4 is 10.2 Å². The van der Waals surface area contributed by atoms with Gasteiger partial charge in [0.15, 0.2) is 5.16 Å². The van der Waals surface area contributed by atoms with Crippen molar-refractivity contribution in [2.24, 2.45) is 5.92 Å². The zero-order valence-electron chi connectivity index (χ0n) is 18.1. The maximum Gasteiger partial charge on any atom is 0.233 e. The Hall–Kier alpha value is -2.02. The molecule has 6 nitrogen and oxygen atoms in total. The van der Waals surface area contributed by atoms with E-state index in [0.717, 1.165) is 36.3 Å². The summed E-state index contributed by atoms with van der Waals surface area (Å²) in [5.41, 5.74) is 1.04.